The summed E-state index contributed by atoms with van der Waals surface area (Å²) in [6.45, 7) is 2.24. The van der Waals surface area contributed by atoms with Crippen LogP contribution in [0.5, 0.6) is 5.75 Å². The van der Waals surface area contributed by atoms with Gasteiger partial charge in [0.25, 0.3) is 0 Å². The molecule has 2 rings (SSSR count). The number of para-hydroxylation sites is 1. The lowest BCUT2D eigenvalue weighted by molar-refractivity contribution is 0.0263. The van der Waals surface area contributed by atoms with Crippen LogP contribution >= 0.6 is 11.6 Å². The molecule has 1 fully saturated rings. The number of phenols is 1. The molecular weight excluding hydrogens is 202 g/mol. The molecule has 0 bridgehead atoms. The van der Waals surface area contributed by atoms with Crippen molar-refractivity contribution >= 4 is 11.6 Å². The molecule has 0 radical (unpaired) electrons. The lowest BCUT2D eigenvalue weighted by atomic mass is 10.1. The molecule has 1 aromatic carbocycles. The van der Waals surface area contributed by atoms with Crippen LogP contribution in [0.4, 0.5) is 0 Å². The first-order chi connectivity index (χ1) is 6.79. The van der Waals surface area contributed by atoms with Crippen molar-refractivity contribution in [3.8, 4) is 5.75 Å². The number of morpholine rings is 1. The quantitative estimate of drug-likeness (QED) is 0.746. The molecule has 4 heteroatoms. The van der Waals surface area contributed by atoms with Gasteiger partial charge in [-0.3, -0.25) is 0 Å². The molecule has 0 aliphatic carbocycles. The Hall–Kier alpha value is -0.770. The summed E-state index contributed by atoms with van der Waals surface area (Å²) in [7, 11) is 0. The van der Waals surface area contributed by atoms with Gasteiger partial charge in [0.1, 0.15) is 5.75 Å². The summed E-state index contributed by atoms with van der Waals surface area (Å²) in [6.07, 6.45) is -0.0950. The Morgan fingerprint density at radius 3 is 3.07 bits per heavy atom. The van der Waals surface area contributed by atoms with Crippen LogP contribution in [-0.2, 0) is 4.74 Å². The molecular formula is C10H12ClNO2. The summed E-state index contributed by atoms with van der Waals surface area (Å²) in [5.41, 5.74) is 0.754. The van der Waals surface area contributed by atoms with Crippen molar-refractivity contribution in [3.05, 3.63) is 28.8 Å². The third-order valence-corrected chi connectivity index (χ3v) is 2.60. The Morgan fingerprint density at radius 2 is 2.36 bits per heavy atom. The molecule has 1 aliphatic rings. The lowest BCUT2D eigenvalue weighted by Gasteiger charge is -2.24. The van der Waals surface area contributed by atoms with Crippen LogP contribution in [0.15, 0.2) is 18.2 Å². The summed E-state index contributed by atoms with van der Waals surface area (Å²) in [5, 5.41) is 13.3. The third kappa shape index (κ3) is 1.85. The van der Waals surface area contributed by atoms with Gasteiger partial charge in [-0.1, -0.05) is 23.7 Å². The topological polar surface area (TPSA) is 41.5 Å². The highest BCUT2D eigenvalue weighted by molar-refractivity contribution is 6.32. The van der Waals surface area contributed by atoms with E-state index in [9.17, 15) is 5.11 Å². The molecule has 0 aromatic heterocycles. The number of phenolic OH excluding ortho intramolecular Hbond substituents is 1. The van der Waals surface area contributed by atoms with Gasteiger partial charge in [-0.25, -0.2) is 0 Å². The van der Waals surface area contributed by atoms with E-state index >= 15 is 0 Å². The predicted octanol–water partition coefficient (Wildman–Crippen LogP) is 1.71. The largest absolute Gasteiger partial charge is 0.506 e. The minimum atomic E-state index is -0.0950. The highest BCUT2D eigenvalue weighted by atomic mass is 35.5. The molecule has 1 aromatic rings. The monoisotopic (exact) mass is 213 g/mol. The van der Waals surface area contributed by atoms with Crippen LogP contribution in [0.1, 0.15) is 11.7 Å². The Kier molecular flexibility index (Phi) is 2.91. The van der Waals surface area contributed by atoms with Crippen LogP contribution in [0.25, 0.3) is 0 Å². The van der Waals surface area contributed by atoms with E-state index in [1.165, 1.54) is 0 Å². The highest BCUT2D eigenvalue weighted by Gasteiger charge is 2.19. The fourth-order valence-electron chi connectivity index (χ4n) is 1.56. The number of ether oxygens (including phenoxy) is 1. The van der Waals surface area contributed by atoms with Crippen LogP contribution in [0, 0.1) is 0 Å². The maximum absolute atomic E-state index is 9.71. The first kappa shape index (κ1) is 9.77. The van der Waals surface area contributed by atoms with E-state index in [1.807, 2.05) is 12.1 Å². The number of aromatic hydroxyl groups is 1. The fourth-order valence-corrected chi connectivity index (χ4v) is 1.74. The van der Waals surface area contributed by atoms with Gasteiger partial charge < -0.3 is 15.2 Å². The van der Waals surface area contributed by atoms with E-state index in [-0.39, 0.29) is 11.9 Å². The smallest absolute Gasteiger partial charge is 0.140 e. The van der Waals surface area contributed by atoms with E-state index in [1.54, 1.807) is 6.07 Å². The average molecular weight is 214 g/mol. The minimum Gasteiger partial charge on any atom is -0.506 e. The van der Waals surface area contributed by atoms with Crippen molar-refractivity contribution in [1.29, 1.82) is 0 Å². The molecule has 76 valence electrons. The van der Waals surface area contributed by atoms with Gasteiger partial charge in [0.2, 0.25) is 0 Å². The number of benzene rings is 1. The van der Waals surface area contributed by atoms with Crippen molar-refractivity contribution in [2.75, 3.05) is 19.7 Å². The standard InChI is InChI=1S/C10H12ClNO2/c11-8-3-1-2-7(10(8)13)9-6-12-4-5-14-9/h1-3,9,12-13H,4-6H2. The zero-order chi connectivity index (χ0) is 9.97. The summed E-state index contributed by atoms with van der Waals surface area (Å²) in [6, 6.07) is 5.31. The summed E-state index contributed by atoms with van der Waals surface area (Å²) < 4.78 is 5.52. The zero-order valence-electron chi connectivity index (χ0n) is 7.66. The molecule has 1 aliphatic heterocycles. The first-order valence-corrected chi connectivity index (χ1v) is 4.96. The molecule has 14 heavy (non-hydrogen) atoms. The number of halogens is 1. The average Bonchev–Trinajstić information content (AvgIpc) is 2.23. The predicted molar refractivity (Wildman–Crippen MR) is 54.7 cm³/mol. The SMILES string of the molecule is Oc1c(Cl)cccc1C1CNCCO1. The van der Waals surface area contributed by atoms with Gasteiger partial charge in [0.05, 0.1) is 17.7 Å². The first-order valence-electron chi connectivity index (χ1n) is 4.59. The Morgan fingerprint density at radius 1 is 1.50 bits per heavy atom. The molecule has 2 N–H and O–H groups in total. The molecule has 0 spiro atoms. The zero-order valence-corrected chi connectivity index (χ0v) is 8.42. The third-order valence-electron chi connectivity index (χ3n) is 2.29. The fraction of sp³-hybridized carbons (Fsp3) is 0.400. The summed E-state index contributed by atoms with van der Waals surface area (Å²) >= 11 is 5.81. The minimum absolute atomic E-state index is 0.0950. The van der Waals surface area contributed by atoms with Crippen LogP contribution in [-0.4, -0.2) is 24.8 Å². The van der Waals surface area contributed by atoms with E-state index in [4.69, 9.17) is 16.3 Å². The lowest BCUT2D eigenvalue weighted by Crippen LogP contribution is -2.33. The number of hydrogen-bond acceptors (Lipinski definition) is 3. The van der Waals surface area contributed by atoms with Gasteiger partial charge in [-0.2, -0.15) is 0 Å². The molecule has 1 saturated heterocycles. The Balaban J connectivity index is 2.26. The Labute approximate surface area is 87.6 Å². The number of hydrogen-bond donors (Lipinski definition) is 2. The van der Waals surface area contributed by atoms with E-state index < -0.39 is 0 Å². The maximum Gasteiger partial charge on any atom is 0.140 e. The maximum atomic E-state index is 9.71. The second-order valence-corrected chi connectivity index (χ2v) is 3.65. The van der Waals surface area contributed by atoms with Crippen molar-refractivity contribution in [2.24, 2.45) is 0 Å². The van der Waals surface area contributed by atoms with E-state index in [0.717, 1.165) is 12.1 Å². The van der Waals surface area contributed by atoms with E-state index in [0.29, 0.717) is 18.2 Å². The van der Waals surface area contributed by atoms with Gasteiger partial charge in [-0.15, -0.1) is 0 Å². The molecule has 1 heterocycles. The summed E-state index contributed by atoms with van der Waals surface area (Å²) in [4.78, 5) is 0. The normalized spacial score (nSPS) is 22.2. The number of nitrogens with one attached hydrogen (secondary N) is 1. The molecule has 0 amide bonds. The van der Waals surface area contributed by atoms with Crippen LogP contribution in [0.2, 0.25) is 5.02 Å². The van der Waals surface area contributed by atoms with E-state index in [2.05, 4.69) is 5.32 Å². The second kappa shape index (κ2) is 4.17. The number of rotatable bonds is 1. The van der Waals surface area contributed by atoms with Crippen molar-refractivity contribution < 1.29 is 9.84 Å². The Bertz CT molecular complexity index is 324. The molecule has 1 atom stereocenters. The van der Waals surface area contributed by atoms with Crippen molar-refractivity contribution in [3.63, 3.8) is 0 Å². The second-order valence-electron chi connectivity index (χ2n) is 3.24. The molecule has 0 saturated carbocycles. The molecule has 1 unspecified atom stereocenters. The van der Waals surface area contributed by atoms with Crippen molar-refractivity contribution in [1.82, 2.24) is 5.32 Å². The van der Waals surface area contributed by atoms with Crippen molar-refractivity contribution in [2.45, 2.75) is 6.10 Å². The van der Waals surface area contributed by atoms with Gasteiger partial charge >= 0.3 is 0 Å². The summed E-state index contributed by atoms with van der Waals surface area (Å²) in [5.74, 6) is 0.128. The highest BCUT2D eigenvalue weighted by Crippen LogP contribution is 2.33. The van der Waals surface area contributed by atoms with Crippen LogP contribution < -0.4 is 5.32 Å². The van der Waals surface area contributed by atoms with Gasteiger partial charge in [0.15, 0.2) is 0 Å². The van der Waals surface area contributed by atoms with Crippen LogP contribution in [0.3, 0.4) is 0 Å². The van der Waals surface area contributed by atoms with Gasteiger partial charge in [-0.05, 0) is 6.07 Å². The molecule has 3 nitrogen and oxygen atoms in total. The van der Waals surface area contributed by atoms with Gasteiger partial charge in [0, 0.05) is 18.7 Å².